The van der Waals surface area contributed by atoms with Gasteiger partial charge in [-0.1, -0.05) is 6.92 Å². The Morgan fingerprint density at radius 1 is 1.50 bits per heavy atom. The van der Waals surface area contributed by atoms with E-state index in [4.69, 9.17) is 10.5 Å². The fraction of sp³-hybridized carbons (Fsp3) is 0.500. The Bertz CT molecular complexity index is 307. The fourth-order valence-electron chi connectivity index (χ4n) is 0.873. The van der Waals surface area contributed by atoms with Crippen molar-refractivity contribution in [3.05, 3.63) is 11.9 Å². The molecule has 0 atom stereocenters. The number of alkyl halides is 2. The van der Waals surface area contributed by atoms with E-state index in [1.807, 2.05) is 6.92 Å². The average molecular weight is 203 g/mol. The second kappa shape index (κ2) is 4.69. The number of aryl methyl sites for hydroxylation is 1. The topological polar surface area (TPSA) is 61.0 Å². The number of hydrogen-bond acceptors (Lipinski definition) is 4. The maximum absolute atomic E-state index is 11.8. The largest absolute Gasteiger partial charge is 0.471 e. The molecule has 0 fully saturated rings. The Hall–Kier alpha value is -1.46. The van der Waals surface area contributed by atoms with Crippen molar-refractivity contribution >= 4 is 5.82 Å². The highest BCUT2D eigenvalue weighted by atomic mass is 19.3. The van der Waals surface area contributed by atoms with Gasteiger partial charge in [-0.2, -0.15) is 4.98 Å². The van der Waals surface area contributed by atoms with Crippen LogP contribution < -0.4 is 10.5 Å². The molecule has 0 saturated heterocycles. The molecule has 0 bridgehead atoms. The Balaban J connectivity index is 2.71. The van der Waals surface area contributed by atoms with Crippen molar-refractivity contribution in [3.8, 4) is 5.88 Å². The smallest absolute Gasteiger partial charge is 0.272 e. The number of nitrogens with zero attached hydrogens (tertiary/aromatic N) is 2. The van der Waals surface area contributed by atoms with Crippen LogP contribution in [-0.4, -0.2) is 23.0 Å². The van der Waals surface area contributed by atoms with Gasteiger partial charge in [0.1, 0.15) is 11.6 Å². The molecule has 6 heteroatoms. The summed E-state index contributed by atoms with van der Waals surface area (Å²) in [4.78, 5) is 7.76. The summed E-state index contributed by atoms with van der Waals surface area (Å²) in [5, 5.41) is 0. The summed E-state index contributed by atoms with van der Waals surface area (Å²) >= 11 is 0. The number of ether oxygens (including phenoxy) is 1. The van der Waals surface area contributed by atoms with Gasteiger partial charge in [0.05, 0.1) is 0 Å². The predicted octanol–water partition coefficient (Wildman–Crippen LogP) is 1.27. The molecule has 1 aromatic rings. The highest BCUT2D eigenvalue weighted by Gasteiger charge is 2.06. The van der Waals surface area contributed by atoms with Crippen molar-refractivity contribution in [2.75, 3.05) is 12.3 Å². The maximum atomic E-state index is 11.8. The van der Waals surface area contributed by atoms with E-state index in [1.54, 1.807) is 0 Å². The van der Waals surface area contributed by atoms with Crippen LogP contribution in [0.3, 0.4) is 0 Å². The first-order valence-electron chi connectivity index (χ1n) is 4.16. The lowest BCUT2D eigenvalue weighted by Crippen LogP contribution is -2.09. The molecular formula is C8H11F2N3O. The SMILES string of the molecule is CCc1nc(N)cc(OCC(F)F)n1. The highest BCUT2D eigenvalue weighted by Crippen LogP contribution is 2.11. The quantitative estimate of drug-likeness (QED) is 0.800. The molecule has 0 aliphatic carbocycles. The predicted molar refractivity (Wildman–Crippen MR) is 47.3 cm³/mol. The van der Waals surface area contributed by atoms with Crippen LogP contribution >= 0.6 is 0 Å². The molecule has 0 amide bonds. The molecule has 0 aliphatic rings. The normalized spacial score (nSPS) is 10.6. The third-order valence-corrected chi connectivity index (χ3v) is 1.44. The highest BCUT2D eigenvalue weighted by molar-refractivity contribution is 5.32. The van der Waals surface area contributed by atoms with E-state index in [0.29, 0.717) is 12.2 Å². The lowest BCUT2D eigenvalue weighted by atomic mass is 10.4. The molecule has 2 N–H and O–H groups in total. The Morgan fingerprint density at radius 3 is 2.79 bits per heavy atom. The molecule has 0 spiro atoms. The van der Waals surface area contributed by atoms with Gasteiger partial charge in [-0.3, -0.25) is 0 Å². The van der Waals surface area contributed by atoms with E-state index in [-0.39, 0.29) is 11.7 Å². The van der Waals surface area contributed by atoms with Gasteiger partial charge in [-0.25, -0.2) is 13.8 Å². The van der Waals surface area contributed by atoms with Crippen molar-refractivity contribution in [2.45, 2.75) is 19.8 Å². The minimum atomic E-state index is -2.52. The van der Waals surface area contributed by atoms with E-state index in [9.17, 15) is 8.78 Å². The summed E-state index contributed by atoms with van der Waals surface area (Å²) in [6.07, 6.45) is -1.94. The van der Waals surface area contributed by atoms with Crippen LogP contribution in [-0.2, 0) is 6.42 Å². The van der Waals surface area contributed by atoms with Crippen LogP contribution in [0.25, 0.3) is 0 Å². The van der Waals surface area contributed by atoms with Crippen LogP contribution in [0, 0.1) is 0 Å². The van der Waals surface area contributed by atoms with Crippen molar-refractivity contribution < 1.29 is 13.5 Å². The van der Waals surface area contributed by atoms with Crippen molar-refractivity contribution in [1.82, 2.24) is 9.97 Å². The first-order valence-corrected chi connectivity index (χ1v) is 4.16. The molecule has 1 heterocycles. The number of aromatic nitrogens is 2. The first kappa shape index (κ1) is 10.6. The first-order chi connectivity index (χ1) is 6.61. The molecular weight excluding hydrogens is 192 g/mol. The van der Waals surface area contributed by atoms with Gasteiger partial charge in [-0.05, 0) is 0 Å². The lowest BCUT2D eigenvalue weighted by Gasteiger charge is -2.06. The molecule has 4 nitrogen and oxygen atoms in total. The van der Waals surface area contributed by atoms with Gasteiger partial charge in [0.15, 0.2) is 6.61 Å². The number of halogens is 2. The van der Waals surface area contributed by atoms with Crippen LogP contribution in [0.15, 0.2) is 6.07 Å². The van der Waals surface area contributed by atoms with E-state index in [0.717, 1.165) is 0 Å². The summed E-state index contributed by atoms with van der Waals surface area (Å²) in [6.45, 7) is 1.16. The fourth-order valence-corrected chi connectivity index (χ4v) is 0.873. The number of nitrogen functional groups attached to an aromatic ring is 1. The van der Waals surface area contributed by atoms with E-state index >= 15 is 0 Å². The van der Waals surface area contributed by atoms with Gasteiger partial charge in [0.2, 0.25) is 5.88 Å². The minimum Gasteiger partial charge on any atom is -0.471 e. The Labute approximate surface area is 80.1 Å². The zero-order valence-corrected chi connectivity index (χ0v) is 7.70. The van der Waals surface area contributed by atoms with Gasteiger partial charge in [0, 0.05) is 12.5 Å². The molecule has 0 aromatic carbocycles. The van der Waals surface area contributed by atoms with Gasteiger partial charge < -0.3 is 10.5 Å². The number of hydrogen-bond donors (Lipinski definition) is 1. The average Bonchev–Trinajstić information content (AvgIpc) is 2.14. The van der Waals surface area contributed by atoms with Gasteiger partial charge >= 0.3 is 0 Å². The van der Waals surface area contributed by atoms with Crippen LogP contribution in [0.1, 0.15) is 12.7 Å². The monoisotopic (exact) mass is 203 g/mol. The molecule has 0 aliphatic heterocycles. The van der Waals surface area contributed by atoms with Crippen molar-refractivity contribution in [3.63, 3.8) is 0 Å². The summed E-state index contributed by atoms with van der Waals surface area (Å²) in [7, 11) is 0. The summed E-state index contributed by atoms with van der Waals surface area (Å²) in [5.74, 6) is 0.796. The zero-order chi connectivity index (χ0) is 10.6. The third-order valence-electron chi connectivity index (χ3n) is 1.44. The van der Waals surface area contributed by atoms with Gasteiger partial charge in [-0.15, -0.1) is 0 Å². The molecule has 1 aromatic heterocycles. The summed E-state index contributed by atoms with van der Waals surface area (Å²) < 4.78 is 28.3. The van der Waals surface area contributed by atoms with Crippen molar-refractivity contribution in [2.24, 2.45) is 0 Å². The summed E-state index contributed by atoms with van der Waals surface area (Å²) in [5.41, 5.74) is 5.42. The number of nitrogens with two attached hydrogens (primary N) is 1. The minimum absolute atomic E-state index is 0.0923. The second-order valence-electron chi connectivity index (χ2n) is 2.60. The van der Waals surface area contributed by atoms with Crippen molar-refractivity contribution in [1.29, 1.82) is 0 Å². The summed E-state index contributed by atoms with van der Waals surface area (Å²) in [6, 6.07) is 1.32. The van der Waals surface area contributed by atoms with E-state index < -0.39 is 13.0 Å². The lowest BCUT2D eigenvalue weighted by molar-refractivity contribution is 0.0794. The van der Waals surface area contributed by atoms with Gasteiger partial charge in [0.25, 0.3) is 6.43 Å². The number of anilines is 1. The zero-order valence-electron chi connectivity index (χ0n) is 7.70. The van der Waals surface area contributed by atoms with Crippen LogP contribution in [0.5, 0.6) is 5.88 Å². The standard InChI is InChI=1S/C8H11F2N3O/c1-2-7-12-6(11)3-8(13-7)14-4-5(9)10/h3,5H,2,4H2,1H3,(H2,11,12,13). The molecule has 78 valence electrons. The van der Waals surface area contributed by atoms with E-state index in [2.05, 4.69) is 9.97 Å². The molecule has 1 rings (SSSR count). The van der Waals surface area contributed by atoms with Crippen LogP contribution in [0.2, 0.25) is 0 Å². The van der Waals surface area contributed by atoms with Crippen LogP contribution in [0.4, 0.5) is 14.6 Å². The van der Waals surface area contributed by atoms with E-state index in [1.165, 1.54) is 6.07 Å². The molecule has 0 unspecified atom stereocenters. The molecule has 0 saturated carbocycles. The Morgan fingerprint density at radius 2 is 2.21 bits per heavy atom. The number of rotatable bonds is 4. The molecule has 14 heavy (non-hydrogen) atoms. The maximum Gasteiger partial charge on any atom is 0.272 e. The molecule has 0 radical (unpaired) electrons. The Kier molecular flexibility index (Phi) is 3.55. The second-order valence-corrected chi connectivity index (χ2v) is 2.60. The third kappa shape index (κ3) is 3.12.